The normalized spacial score (nSPS) is 21.3. The summed E-state index contributed by atoms with van der Waals surface area (Å²) in [5.74, 6) is -0.818. The van der Waals surface area contributed by atoms with Crippen LogP contribution in [0.4, 0.5) is 11.4 Å². The van der Waals surface area contributed by atoms with Gasteiger partial charge < -0.3 is 11.1 Å². The number of hydrogen-bond acceptors (Lipinski definition) is 4. The highest BCUT2D eigenvalue weighted by molar-refractivity contribution is 6.36. The fraction of sp³-hybridized carbons (Fsp3) is 0.318. The minimum Gasteiger partial charge on any atom is -0.328 e. The van der Waals surface area contributed by atoms with Gasteiger partial charge in [0, 0.05) is 22.7 Å². The van der Waals surface area contributed by atoms with Crippen molar-refractivity contribution < 1.29 is 14.4 Å². The molecule has 6 nitrogen and oxygen atoms in total. The van der Waals surface area contributed by atoms with Crippen molar-refractivity contribution in [3.05, 3.63) is 58.1 Å². The van der Waals surface area contributed by atoms with Gasteiger partial charge in [-0.1, -0.05) is 11.6 Å². The number of halogens is 1. The van der Waals surface area contributed by atoms with E-state index in [4.69, 9.17) is 17.3 Å². The molecule has 0 radical (unpaired) electrons. The smallest absolute Gasteiger partial charge is 0.266 e. The summed E-state index contributed by atoms with van der Waals surface area (Å²) in [5, 5.41) is 3.35. The Morgan fingerprint density at radius 2 is 1.72 bits per heavy atom. The number of fused-ring (bicyclic) bond motifs is 1. The number of benzene rings is 2. The standard InChI is InChI=1S/C22H22ClN3O3/c1-12-10-16(25-20(27)13-2-5-15(24)6-3-13)7-9-19(12)26-21(28)17-8-4-14(23)11-18(17)22(26)29/h4,7-11,13,15H,2-3,5-6,24H2,1H3,(H,25,27). The molecule has 29 heavy (non-hydrogen) atoms. The predicted octanol–water partition coefficient (Wildman–Crippen LogP) is 3.91. The van der Waals surface area contributed by atoms with Gasteiger partial charge in [0.1, 0.15) is 0 Å². The van der Waals surface area contributed by atoms with Crippen LogP contribution < -0.4 is 16.0 Å². The number of imide groups is 1. The fourth-order valence-corrected chi connectivity index (χ4v) is 4.21. The van der Waals surface area contributed by atoms with E-state index in [0.29, 0.717) is 33.1 Å². The first-order valence-electron chi connectivity index (χ1n) is 9.70. The van der Waals surface area contributed by atoms with Gasteiger partial charge >= 0.3 is 0 Å². The number of amides is 3. The minimum atomic E-state index is -0.397. The van der Waals surface area contributed by atoms with Crippen molar-refractivity contribution in [3.8, 4) is 0 Å². The zero-order valence-electron chi connectivity index (χ0n) is 16.1. The summed E-state index contributed by atoms with van der Waals surface area (Å²) in [5.41, 5.74) is 8.41. The molecule has 2 aromatic rings. The third kappa shape index (κ3) is 3.66. The first-order chi connectivity index (χ1) is 13.8. The van der Waals surface area contributed by atoms with E-state index in [-0.39, 0.29) is 23.8 Å². The maximum absolute atomic E-state index is 12.8. The zero-order chi connectivity index (χ0) is 20.7. The summed E-state index contributed by atoms with van der Waals surface area (Å²) in [4.78, 5) is 39.2. The molecule has 3 N–H and O–H groups in total. The van der Waals surface area contributed by atoms with E-state index in [1.165, 1.54) is 6.07 Å². The third-order valence-corrected chi connectivity index (χ3v) is 5.93. The quantitative estimate of drug-likeness (QED) is 0.749. The summed E-state index contributed by atoms with van der Waals surface area (Å²) < 4.78 is 0. The van der Waals surface area contributed by atoms with Gasteiger partial charge in [-0.15, -0.1) is 0 Å². The number of rotatable bonds is 3. The number of hydrogen-bond donors (Lipinski definition) is 2. The van der Waals surface area contributed by atoms with Crippen LogP contribution in [0.2, 0.25) is 5.02 Å². The lowest BCUT2D eigenvalue weighted by atomic mass is 9.86. The van der Waals surface area contributed by atoms with Crippen molar-refractivity contribution in [1.82, 2.24) is 0 Å². The molecular weight excluding hydrogens is 390 g/mol. The SMILES string of the molecule is Cc1cc(NC(=O)C2CCC(N)CC2)ccc1N1C(=O)c2ccc(Cl)cc2C1=O. The first-order valence-corrected chi connectivity index (χ1v) is 10.1. The number of nitrogens with two attached hydrogens (primary N) is 1. The van der Waals surface area contributed by atoms with E-state index in [1.54, 1.807) is 37.3 Å². The van der Waals surface area contributed by atoms with Crippen LogP contribution in [-0.2, 0) is 4.79 Å². The van der Waals surface area contributed by atoms with Crippen LogP contribution in [0.15, 0.2) is 36.4 Å². The predicted molar refractivity (Wildman–Crippen MR) is 112 cm³/mol. The van der Waals surface area contributed by atoms with Crippen molar-refractivity contribution in [2.45, 2.75) is 38.6 Å². The van der Waals surface area contributed by atoms with Gasteiger partial charge in [-0.25, -0.2) is 4.90 Å². The Morgan fingerprint density at radius 3 is 2.41 bits per heavy atom. The molecule has 1 fully saturated rings. The number of carbonyl (C=O) groups is 3. The van der Waals surface area contributed by atoms with Gasteiger partial charge in [-0.05, 0) is 74.6 Å². The van der Waals surface area contributed by atoms with Gasteiger partial charge in [-0.2, -0.15) is 0 Å². The lowest BCUT2D eigenvalue weighted by Crippen LogP contribution is -2.32. The van der Waals surface area contributed by atoms with Crippen LogP contribution in [-0.4, -0.2) is 23.8 Å². The van der Waals surface area contributed by atoms with E-state index >= 15 is 0 Å². The van der Waals surface area contributed by atoms with Crippen molar-refractivity contribution in [2.75, 3.05) is 10.2 Å². The Bertz CT molecular complexity index is 1010. The van der Waals surface area contributed by atoms with E-state index in [2.05, 4.69) is 5.32 Å². The van der Waals surface area contributed by atoms with Gasteiger partial charge in [0.2, 0.25) is 5.91 Å². The molecule has 150 valence electrons. The first kappa shape index (κ1) is 19.6. The summed E-state index contributed by atoms with van der Waals surface area (Å²) >= 11 is 5.97. The monoisotopic (exact) mass is 411 g/mol. The Balaban J connectivity index is 1.53. The van der Waals surface area contributed by atoms with Crippen molar-refractivity contribution in [3.63, 3.8) is 0 Å². The topological polar surface area (TPSA) is 92.5 Å². The minimum absolute atomic E-state index is 0.0144. The summed E-state index contributed by atoms with van der Waals surface area (Å²) in [6.07, 6.45) is 3.31. The average molecular weight is 412 g/mol. The molecule has 7 heteroatoms. The van der Waals surface area contributed by atoms with Crippen molar-refractivity contribution in [2.24, 2.45) is 11.7 Å². The molecule has 2 aliphatic rings. The number of aryl methyl sites for hydroxylation is 1. The van der Waals surface area contributed by atoms with Crippen LogP contribution >= 0.6 is 11.6 Å². The number of nitrogens with zero attached hydrogens (tertiary/aromatic N) is 1. The number of anilines is 2. The highest BCUT2D eigenvalue weighted by atomic mass is 35.5. The van der Waals surface area contributed by atoms with E-state index in [9.17, 15) is 14.4 Å². The van der Waals surface area contributed by atoms with E-state index < -0.39 is 5.91 Å². The maximum Gasteiger partial charge on any atom is 0.266 e. The second kappa shape index (κ2) is 7.61. The maximum atomic E-state index is 12.8. The lowest BCUT2D eigenvalue weighted by molar-refractivity contribution is -0.120. The van der Waals surface area contributed by atoms with Crippen molar-refractivity contribution in [1.29, 1.82) is 0 Å². The largest absolute Gasteiger partial charge is 0.328 e. The molecule has 1 saturated carbocycles. The Morgan fingerprint density at radius 1 is 1.03 bits per heavy atom. The molecule has 0 spiro atoms. The molecule has 1 heterocycles. The molecule has 2 aromatic carbocycles. The zero-order valence-corrected chi connectivity index (χ0v) is 16.8. The average Bonchev–Trinajstić information content (AvgIpc) is 2.93. The van der Waals surface area contributed by atoms with Gasteiger partial charge in [0.05, 0.1) is 16.8 Å². The summed E-state index contributed by atoms with van der Waals surface area (Å²) in [7, 11) is 0. The molecule has 0 aromatic heterocycles. The van der Waals surface area contributed by atoms with Crippen LogP contribution in [0.25, 0.3) is 0 Å². The van der Waals surface area contributed by atoms with Crippen molar-refractivity contribution >= 4 is 40.7 Å². The third-order valence-electron chi connectivity index (χ3n) is 5.70. The van der Waals surface area contributed by atoms with Crippen LogP contribution in [0.5, 0.6) is 0 Å². The fourth-order valence-electron chi connectivity index (χ4n) is 4.04. The van der Waals surface area contributed by atoms with Gasteiger partial charge in [0.15, 0.2) is 0 Å². The van der Waals surface area contributed by atoms with Crippen LogP contribution in [0, 0.1) is 12.8 Å². The molecule has 1 aliphatic heterocycles. The molecule has 0 bridgehead atoms. The summed E-state index contributed by atoms with van der Waals surface area (Å²) in [6.45, 7) is 1.81. The molecule has 0 atom stereocenters. The van der Waals surface area contributed by atoms with Gasteiger partial charge in [0.25, 0.3) is 11.8 Å². The molecule has 1 aliphatic carbocycles. The Kier molecular flexibility index (Phi) is 5.15. The number of carbonyl (C=O) groups excluding carboxylic acids is 3. The number of nitrogens with one attached hydrogen (secondary N) is 1. The molecular formula is C22H22ClN3O3. The highest BCUT2D eigenvalue weighted by Crippen LogP contribution is 2.33. The highest BCUT2D eigenvalue weighted by Gasteiger charge is 2.37. The molecule has 0 unspecified atom stereocenters. The second-order valence-electron chi connectivity index (χ2n) is 7.74. The van der Waals surface area contributed by atoms with E-state index in [0.717, 1.165) is 30.6 Å². The molecule has 0 saturated heterocycles. The Hall–Kier alpha value is -2.70. The lowest BCUT2D eigenvalue weighted by Gasteiger charge is -2.25. The molecule has 4 rings (SSSR count). The Labute approximate surface area is 174 Å². The van der Waals surface area contributed by atoms with Crippen LogP contribution in [0.3, 0.4) is 0 Å². The molecule has 3 amide bonds. The van der Waals surface area contributed by atoms with E-state index in [1.807, 2.05) is 0 Å². The summed E-state index contributed by atoms with van der Waals surface area (Å²) in [6, 6.07) is 10.0. The second-order valence-corrected chi connectivity index (χ2v) is 8.17. The van der Waals surface area contributed by atoms with Gasteiger partial charge in [-0.3, -0.25) is 14.4 Å². The van der Waals surface area contributed by atoms with Crippen LogP contribution in [0.1, 0.15) is 52.0 Å².